The lowest BCUT2D eigenvalue weighted by Gasteiger charge is -1.96. The van der Waals surface area contributed by atoms with Crippen LogP contribution >= 0.6 is 11.8 Å². The molecule has 18 heavy (non-hydrogen) atoms. The number of hydrogen-bond acceptors (Lipinski definition) is 3. The van der Waals surface area contributed by atoms with Gasteiger partial charge in [-0.05, 0) is 19.1 Å². The Morgan fingerprint density at radius 1 is 1.22 bits per heavy atom. The van der Waals surface area contributed by atoms with Crippen molar-refractivity contribution in [2.45, 2.75) is 51.9 Å². The maximum Gasteiger partial charge on any atom is 0.327 e. The standard InChI is InChI=1S/C11H20O2.C3H9NS/c1-2-3-4-5-6-7-8-9-10-11(12)13;1-5-3-2-4/h9-10H,2-8H2,1H3,(H,12,13);2-4H2,1H3. The fourth-order valence-electron chi connectivity index (χ4n) is 1.34. The maximum absolute atomic E-state index is 10.1. The van der Waals surface area contributed by atoms with Gasteiger partial charge in [0.2, 0.25) is 0 Å². The summed E-state index contributed by atoms with van der Waals surface area (Å²) in [5, 5.41) is 8.30. The molecule has 0 heterocycles. The molecule has 0 rings (SSSR count). The third-order valence-corrected chi connectivity index (χ3v) is 2.95. The number of aliphatic carboxylic acids is 1. The molecule has 0 aromatic carbocycles. The van der Waals surface area contributed by atoms with Crippen LogP contribution in [-0.2, 0) is 4.79 Å². The molecule has 3 N–H and O–H groups in total. The summed E-state index contributed by atoms with van der Waals surface area (Å²) < 4.78 is 0. The van der Waals surface area contributed by atoms with Crippen LogP contribution < -0.4 is 5.73 Å². The topological polar surface area (TPSA) is 63.3 Å². The largest absolute Gasteiger partial charge is 0.478 e. The van der Waals surface area contributed by atoms with Crippen molar-refractivity contribution in [3.8, 4) is 0 Å². The highest BCUT2D eigenvalue weighted by Gasteiger charge is 1.89. The maximum atomic E-state index is 10.1. The Morgan fingerprint density at radius 3 is 2.28 bits per heavy atom. The van der Waals surface area contributed by atoms with Crippen molar-refractivity contribution in [2.24, 2.45) is 5.73 Å². The summed E-state index contributed by atoms with van der Waals surface area (Å²) in [5.74, 6) is 0.242. The van der Waals surface area contributed by atoms with Crippen molar-refractivity contribution in [2.75, 3.05) is 18.6 Å². The first-order chi connectivity index (χ1) is 8.68. The molecule has 0 saturated heterocycles. The normalized spacial score (nSPS) is 10.2. The molecule has 0 fully saturated rings. The predicted octanol–water partition coefficient (Wildman–Crippen LogP) is 3.69. The van der Waals surface area contributed by atoms with E-state index in [1.807, 2.05) is 6.26 Å². The second-order valence-electron chi connectivity index (χ2n) is 4.08. The predicted molar refractivity (Wildman–Crippen MR) is 82.2 cm³/mol. The van der Waals surface area contributed by atoms with Crippen molar-refractivity contribution in [1.82, 2.24) is 0 Å². The monoisotopic (exact) mass is 275 g/mol. The van der Waals surface area contributed by atoms with E-state index in [0.29, 0.717) is 0 Å². The van der Waals surface area contributed by atoms with Gasteiger partial charge in [0, 0.05) is 18.4 Å². The van der Waals surface area contributed by atoms with Crippen LogP contribution in [0.4, 0.5) is 0 Å². The van der Waals surface area contributed by atoms with Crippen molar-refractivity contribution < 1.29 is 9.90 Å². The van der Waals surface area contributed by atoms with E-state index < -0.39 is 5.97 Å². The molecule has 0 radical (unpaired) electrons. The van der Waals surface area contributed by atoms with Gasteiger partial charge in [-0.25, -0.2) is 4.79 Å². The van der Waals surface area contributed by atoms with Gasteiger partial charge in [0.25, 0.3) is 0 Å². The molecule has 108 valence electrons. The summed E-state index contributed by atoms with van der Waals surface area (Å²) in [6.07, 6.45) is 13.5. The first-order valence-electron chi connectivity index (χ1n) is 6.77. The zero-order valence-electron chi connectivity index (χ0n) is 11.9. The molecule has 0 bridgehead atoms. The highest BCUT2D eigenvalue weighted by molar-refractivity contribution is 7.98. The third-order valence-electron chi connectivity index (χ3n) is 2.31. The molecule has 0 atom stereocenters. The average molecular weight is 275 g/mol. The first-order valence-corrected chi connectivity index (χ1v) is 8.16. The minimum absolute atomic E-state index is 0.807. The minimum atomic E-state index is -0.842. The number of unbranched alkanes of at least 4 members (excludes halogenated alkanes) is 6. The zero-order valence-corrected chi connectivity index (χ0v) is 12.7. The van der Waals surface area contributed by atoms with Gasteiger partial charge in [0.1, 0.15) is 0 Å². The second-order valence-corrected chi connectivity index (χ2v) is 5.06. The van der Waals surface area contributed by atoms with Crippen LogP contribution in [0, 0.1) is 0 Å². The summed E-state index contributed by atoms with van der Waals surface area (Å²) >= 11 is 1.78. The highest BCUT2D eigenvalue weighted by Crippen LogP contribution is 2.06. The lowest BCUT2D eigenvalue weighted by Crippen LogP contribution is -1.99. The lowest BCUT2D eigenvalue weighted by atomic mass is 10.1. The summed E-state index contributed by atoms with van der Waals surface area (Å²) in [5.41, 5.74) is 5.12. The van der Waals surface area contributed by atoms with Crippen molar-refractivity contribution in [3.05, 3.63) is 12.2 Å². The average Bonchev–Trinajstić information content (AvgIpc) is 2.34. The number of thioether (sulfide) groups is 1. The Balaban J connectivity index is 0. The van der Waals surface area contributed by atoms with Gasteiger partial charge in [0.05, 0.1) is 0 Å². The van der Waals surface area contributed by atoms with E-state index in [0.717, 1.165) is 25.1 Å². The summed E-state index contributed by atoms with van der Waals surface area (Å²) in [6.45, 7) is 3.01. The molecule has 0 aromatic heterocycles. The van der Waals surface area contributed by atoms with Crippen LogP contribution in [0.1, 0.15) is 51.9 Å². The van der Waals surface area contributed by atoms with E-state index in [4.69, 9.17) is 10.8 Å². The highest BCUT2D eigenvalue weighted by atomic mass is 32.2. The van der Waals surface area contributed by atoms with Gasteiger partial charge in [-0.2, -0.15) is 11.8 Å². The number of carbonyl (C=O) groups is 1. The smallest absolute Gasteiger partial charge is 0.327 e. The minimum Gasteiger partial charge on any atom is -0.478 e. The van der Waals surface area contributed by atoms with E-state index in [1.54, 1.807) is 17.8 Å². The summed E-state index contributed by atoms with van der Waals surface area (Å²) in [6, 6.07) is 0. The lowest BCUT2D eigenvalue weighted by molar-refractivity contribution is -0.131. The molecule has 4 heteroatoms. The van der Waals surface area contributed by atoms with Crippen LogP contribution in [0.15, 0.2) is 12.2 Å². The van der Waals surface area contributed by atoms with Gasteiger partial charge in [-0.15, -0.1) is 0 Å². The second kappa shape index (κ2) is 18.9. The zero-order chi connectivity index (χ0) is 14.1. The SMILES string of the molecule is CCCCCCCCC=CC(=O)O.CSCCN. The van der Waals surface area contributed by atoms with Gasteiger partial charge < -0.3 is 10.8 Å². The number of hydrogen-bond donors (Lipinski definition) is 2. The molecule has 0 unspecified atom stereocenters. The molecule has 0 aromatic rings. The van der Waals surface area contributed by atoms with Crippen molar-refractivity contribution in [3.63, 3.8) is 0 Å². The molecular weight excluding hydrogens is 246 g/mol. The van der Waals surface area contributed by atoms with Crippen LogP contribution in [0.2, 0.25) is 0 Å². The van der Waals surface area contributed by atoms with Gasteiger partial charge in [-0.3, -0.25) is 0 Å². The Labute approximate surface area is 116 Å². The number of carboxylic acids is 1. The molecule has 0 saturated carbocycles. The Hall–Kier alpha value is -0.480. The van der Waals surface area contributed by atoms with Gasteiger partial charge in [0.15, 0.2) is 0 Å². The van der Waals surface area contributed by atoms with E-state index in [-0.39, 0.29) is 0 Å². The number of carboxylic acid groups (broad SMARTS) is 1. The van der Waals surface area contributed by atoms with Gasteiger partial charge >= 0.3 is 5.97 Å². The van der Waals surface area contributed by atoms with Crippen molar-refractivity contribution in [1.29, 1.82) is 0 Å². The van der Waals surface area contributed by atoms with E-state index in [1.165, 1.54) is 38.2 Å². The van der Waals surface area contributed by atoms with Crippen LogP contribution in [0.3, 0.4) is 0 Å². The fraction of sp³-hybridized carbons (Fsp3) is 0.786. The summed E-state index contributed by atoms with van der Waals surface area (Å²) in [4.78, 5) is 10.1. The molecule has 0 aliphatic heterocycles. The van der Waals surface area contributed by atoms with Gasteiger partial charge in [-0.1, -0.05) is 45.1 Å². The summed E-state index contributed by atoms with van der Waals surface area (Å²) in [7, 11) is 0. The number of rotatable bonds is 10. The first kappa shape index (κ1) is 19.9. The number of allylic oxidation sites excluding steroid dienone is 1. The molecule has 0 spiro atoms. The quantitative estimate of drug-likeness (QED) is 0.471. The molecule has 0 aliphatic carbocycles. The van der Waals surface area contributed by atoms with Crippen molar-refractivity contribution >= 4 is 17.7 Å². The Kier molecular flexibility index (Phi) is 20.8. The van der Waals surface area contributed by atoms with E-state index in [2.05, 4.69) is 6.92 Å². The molecule has 0 amide bonds. The Morgan fingerprint density at radius 2 is 1.83 bits per heavy atom. The molecule has 0 aliphatic rings. The Bertz CT molecular complexity index is 194. The molecule has 3 nitrogen and oxygen atoms in total. The van der Waals surface area contributed by atoms with Crippen LogP contribution in [0.25, 0.3) is 0 Å². The fourth-order valence-corrected chi connectivity index (χ4v) is 1.58. The van der Waals surface area contributed by atoms with E-state index in [9.17, 15) is 4.79 Å². The van der Waals surface area contributed by atoms with Crippen LogP contribution in [-0.4, -0.2) is 29.6 Å². The van der Waals surface area contributed by atoms with Crippen LogP contribution in [0.5, 0.6) is 0 Å². The molecular formula is C14H29NO2S. The third kappa shape index (κ3) is 24.7. The van der Waals surface area contributed by atoms with E-state index >= 15 is 0 Å². The number of nitrogens with two attached hydrogens (primary N) is 1.